The molecule has 1 aliphatic rings. The molecule has 2 rings (SSSR count). The van der Waals surface area contributed by atoms with E-state index in [1.54, 1.807) is 12.1 Å². The first kappa shape index (κ1) is 12.5. The van der Waals surface area contributed by atoms with Crippen LogP contribution < -0.4 is 5.73 Å². The number of benzene rings is 1. The molecule has 0 bridgehead atoms. The average molecular weight is 278 g/mol. The maximum atomic E-state index is 6.16. The number of thioether (sulfide) groups is 1. The van der Waals surface area contributed by atoms with Gasteiger partial charge in [-0.15, -0.1) is 0 Å². The van der Waals surface area contributed by atoms with Crippen molar-refractivity contribution in [1.29, 1.82) is 0 Å². The molecule has 5 heteroatoms. The molecule has 0 amide bonds. The minimum atomic E-state index is -0.209. The fraction of sp³-hybridized carbons (Fsp3) is 0.455. The monoisotopic (exact) mass is 277 g/mol. The number of hydrogen-bond donors (Lipinski definition) is 1. The Kier molecular flexibility index (Phi) is 4.39. The number of halogens is 2. The molecule has 1 aliphatic heterocycles. The van der Waals surface area contributed by atoms with Crippen molar-refractivity contribution in [2.24, 2.45) is 5.73 Å². The fourth-order valence-electron chi connectivity index (χ4n) is 1.68. The molecule has 0 radical (unpaired) electrons. The van der Waals surface area contributed by atoms with Gasteiger partial charge in [-0.1, -0.05) is 23.2 Å². The van der Waals surface area contributed by atoms with Gasteiger partial charge in [-0.2, -0.15) is 11.8 Å². The fourth-order valence-corrected chi connectivity index (χ4v) is 3.02. The van der Waals surface area contributed by atoms with Crippen LogP contribution in [0.25, 0.3) is 0 Å². The zero-order valence-corrected chi connectivity index (χ0v) is 11.0. The van der Waals surface area contributed by atoms with E-state index >= 15 is 0 Å². The lowest BCUT2D eigenvalue weighted by molar-refractivity contribution is 0.0569. The molecule has 1 saturated heterocycles. The van der Waals surface area contributed by atoms with Crippen LogP contribution in [0.15, 0.2) is 18.2 Å². The van der Waals surface area contributed by atoms with Gasteiger partial charge < -0.3 is 10.5 Å². The predicted molar refractivity (Wildman–Crippen MR) is 70.5 cm³/mol. The predicted octanol–water partition coefficient (Wildman–Crippen LogP) is 3.13. The highest BCUT2D eigenvalue weighted by molar-refractivity contribution is 7.99. The Morgan fingerprint density at radius 2 is 2.25 bits per heavy atom. The van der Waals surface area contributed by atoms with Gasteiger partial charge in [-0.25, -0.2) is 0 Å². The van der Waals surface area contributed by atoms with E-state index in [1.807, 2.05) is 17.8 Å². The molecule has 0 aromatic heterocycles. The first-order chi connectivity index (χ1) is 7.68. The van der Waals surface area contributed by atoms with Gasteiger partial charge in [0.15, 0.2) is 0 Å². The third-order valence-electron chi connectivity index (χ3n) is 2.56. The van der Waals surface area contributed by atoms with Crippen molar-refractivity contribution >= 4 is 35.0 Å². The molecule has 2 atom stereocenters. The SMILES string of the molecule is NC(c1cc(Cl)ccc1Cl)C1CSCCO1. The van der Waals surface area contributed by atoms with Crippen LogP contribution >= 0.6 is 35.0 Å². The third kappa shape index (κ3) is 2.84. The topological polar surface area (TPSA) is 35.2 Å². The smallest absolute Gasteiger partial charge is 0.0858 e. The maximum Gasteiger partial charge on any atom is 0.0858 e. The van der Waals surface area contributed by atoms with Crippen molar-refractivity contribution in [2.75, 3.05) is 18.1 Å². The molecule has 1 aromatic carbocycles. The van der Waals surface area contributed by atoms with E-state index in [9.17, 15) is 0 Å². The molecule has 16 heavy (non-hydrogen) atoms. The van der Waals surface area contributed by atoms with Crippen LogP contribution in [-0.2, 0) is 4.74 Å². The third-order valence-corrected chi connectivity index (χ3v) is 4.16. The van der Waals surface area contributed by atoms with E-state index in [0.717, 1.165) is 23.7 Å². The second-order valence-corrected chi connectivity index (χ2v) is 5.67. The van der Waals surface area contributed by atoms with Gasteiger partial charge in [-0.3, -0.25) is 0 Å². The van der Waals surface area contributed by atoms with E-state index in [4.69, 9.17) is 33.7 Å². The van der Waals surface area contributed by atoms with Gasteiger partial charge in [0.25, 0.3) is 0 Å². The molecule has 1 fully saturated rings. The quantitative estimate of drug-likeness (QED) is 0.902. The van der Waals surface area contributed by atoms with E-state index < -0.39 is 0 Å². The van der Waals surface area contributed by atoms with E-state index in [2.05, 4.69) is 0 Å². The van der Waals surface area contributed by atoms with Crippen molar-refractivity contribution in [1.82, 2.24) is 0 Å². The summed E-state index contributed by atoms with van der Waals surface area (Å²) < 4.78 is 5.64. The van der Waals surface area contributed by atoms with Crippen molar-refractivity contribution < 1.29 is 4.74 Å². The van der Waals surface area contributed by atoms with Crippen LogP contribution in [-0.4, -0.2) is 24.2 Å². The number of rotatable bonds is 2. The average Bonchev–Trinajstić information content (AvgIpc) is 2.32. The van der Waals surface area contributed by atoms with E-state index in [-0.39, 0.29) is 12.1 Å². The summed E-state index contributed by atoms with van der Waals surface area (Å²) in [5.74, 6) is 1.94. The summed E-state index contributed by atoms with van der Waals surface area (Å²) in [7, 11) is 0. The Labute approximate surface area is 109 Å². The molecule has 2 N–H and O–H groups in total. The lowest BCUT2D eigenvalue weighted by atomic mass is 10.0. The maximum absolute atomic E-state index is 6.16. The van der Waals surface area contributed by atoms with E-state index in [1.165, 1.54) is 0 Å². The summed E-state index contributed by atoms with van der Waals surface area (Å²) in [6, 6.07) is 5.14. The molecule has 1 aromatic rings. The van der Waals surface area contributed by atoms with Crippen LogP contribution in [0.4, 0.5) is 0 Å². The summed E-state index contributed by atoms with van der Waals surface area (Å²) >= 11 is 13.9. The second-order valence-electron chi connectivity index (χ2n) is 3.68. The van der Waals surface area contributed by atoms with Crippen LogP contribution in [0.2, 0.25) is 10.0 Å². The standard InChI is InChI=1S/C11H13Cl2NOS/c12-7-1-2-9(13)8(5-7)11(14)10-6-16-4-3-15-10/h1-2,5,10-11H,3-4,6,14H2. The number of ether oxygens (including phenoxy) is 1. The van der Waals surface area contributed by atoms with Gasteiger partial charge in [0.2, 0.25) is 0 Å². The van der Waals surface area contributed by atoms with Gasteiger partial charge in [0.1, 0.15) is 0 Å². The second kappa shape index (κ2) is 5.61. The van der Waals surface area contributed by atoms with Crippen LogP contribution in [0.5, 0.6) is 0 Å². The van der Waals surface area contributed by atoms with Gasteiger partial charge >= 0.3 is 0 Å². The molecule has 0 saturated carbocycles. The molecule has 2 nitrogen and oxygen atoms in total. The highest BCUT2D eigenvalue weighted by Crippen LogP contribution is 2.30. The number of nitrogens with two attached hydrogens (primary N) is 1. The molecular formula is C11H13Cl2NOS. The van der Waals surface area contributed by atoms with Crippen LogP contribution in [0.1, 0.15) is 11.6 Å². The minimum Gasteiger partial charge on any atom is -0.375 e. The molecule has 0 aliphatic carbocycles. The van der Waals surface area contributed by atoms with Gasteiger partial charge in [-0.05, 0) is 23.8 Å². The molecule has 1 heterocycles. The van der Waals surface area contributed by atoms with Crippen molar-refractivity contribution in [3.05, 3.63) is 33.8 Å². The lowest BCUT2D eigenvalue weighted by Crippen LogP contribution is -2.34. The largest absolute Gasteiger partial charge is 0.375 e. The molecule has 88 valence electrons. The van der Waals surface area contributed by atoms with Crippen molar-refractivity contribution in [3.63, 3.8) is 0 Å². The lowest BCUT2D eigenvalue weighted by Gasteiger charge is -2.28. The summed E-state index contributed by atoms with van der Waals surface area (Å²) in [6.45, 7) is 0.751. The Morgan fingerprint density at radius 1 is 1.44 bits per heavy atom. The van der Waals surface area contributed by atoms with E-state index in [0.29, 0.717) is 10.0 Å². The zero-order valence-electron chi connectivity index (χ0n) is 8.66. The molecule has 0 spiro atoms. The van der Waals surface area contributed by atoms with Crippen molar-refractivity contribution in [3.8, 4) is 0 Å². The van der Waals surface area contributed by atoms with Crippen LogP contribution in [0, 0.1) is 0 Å². The first-order valence-corrected chi connectivity index (χ1v) is 6.99. The molecular weight excluding hydrogens is 265 g/mol. The first-order valence-electron chi connectivity index (χ1n) is 5.08. The van der Waals surface area contributed by atoms with Gasteiger partial charge in [0.05, 0.1) is 18.8 Å². The summed E-state index contributed by atoms with van der Waals surface area (Å²) in [5.41, 5.74) is 7.02. The number of hydrogen-bond acceptors (Lipinski definition) is 3. The molecule has 2 unspecified atom stereocenters. The Bertz CT molecular complexity index is 369. The Morgan fingerprint density at radius 3 is 2.94 bits per heavy atom. The summed E-state index contributed by atoms with van der Waals surface area (Å²) in [5, 5.41) is 1.30. The minimum absolute atomic E-state index is 0.0229. The summed E-state index contributed by atoms with van der Waals surface area (Å²) in [4.78, 5) is 0. The zero-order chi connectivity index (χ0) is 11.5. The normalized spacial score (nSPS) is 23.1. The van der Waals surface area contributed by atoms with Crippen LogP contribution in [0.3, 0.4) is 0 Å². The van der Waals surface area contributed by atoms with Gasteiger partial charge in [0, 0.05) is 21.6 Å². The summed E-state index contributed by atoms with van der Waals surface area (Å²) in [6.07, 6.45) is 0.0229. The highest BCUT2D eigenvalue weighted by Gasteiger charge is 2.24. The Hall–Kier alpha value is 0.0700. The highest BCUT2D eigenvalue weighted by atomic mass is 35.5. The Balaban J connectivity index is 2.18. The van der Waals surface area contributed by atoms with Crippen molar-refractivity contribution in [2.45, 2.75) is 12.1 Å².